The maximum absolute atomic E-state index is 12.6. The minimum absolute atomic E-state index is 0.0756. The average molecular weight is 361 g/mol. The molecule has 0 N–H and O–H groups in total. The predicted molar refractivity (Wildman–Crippen MR) is 90.9 cm³/mol. The largest absolute Gasteiger partial charge is 0.273 e. The summed E-state index contributed by atoms with van der Waals surface area (Å²) in [5.74, 6) is -1.99. The molecule has 0 bridgehead atoms. The van der Waals surface area contributed by atoms with Gasteiger partial charge in [-0.25, -0.2) is 4.68 Å². The Labute approximate surface area is 150 Å². The van der Waals surface area contributed by atoms with E-state index in [2.05, 4.69) is 5.10 Å². The Morgan fingerprint density at radius 2 is 1.88 bits per heavy atom. The monoisotopic (exact) mass is 360 g/mol. The van der Waals surface area contributed by atoms with Crippen LogP contribution in [0.15, 0.2) is 24.3 Å². The van der Waals surface area contributed by atoms with Crippen LogP contribution in [0.4, 0.5) is 0 Å². The van der Waals surface area contributed by atoms with Gasteiger partial charge in [-0.1, -0.05) is 41.4 Å². The van der Waals surface area contributed by atoms with Crippen molar-refractivity contribution in [1.82, 2.24) is 9.78 Å². The molecule has 0 spiro atoms. The highest BCUT2D eigenvalue weighted by Crippen LogP contribution is 2.33. The standard InChI is InChI=1S/C17H14Cl2N4O/c1-10-17(19)11(2)23(22-10)16(24)7-14(12(8-20)9-21)13-5-3-4-6-15(13)18/h3-6,12,14H,7H2,1-2H3. The van der Waals surface area contributed by atoms with Gasteiger partial charge in [0.15, 0.2) is 0 Å². The quantitative estimate of drug-likeness (QED) is 0.814. The number of rotatable bonds is 4. The molecule has 7 heteroatoms. The Hall–Kier alpha value is -2.34. The highest BCUT2D eigenvalue weighted by Gasteiger charge is 2.29. The molecule has 1 aromatic carbocycles. The molecule has 1 atom stereocenters. The van der Waals surface area contributed by atoms with Gasteiger partial charge >= 0.3 is 0 Å². The van der Waals surface area contributed by atoms with Crippen molar-refractivity contribution in [1.29, 1.82) is 10.5 Å². The zero-order valence-corrected chi connectivity index (χ0v) is 14.6. The van der Waals surface area contributed by atoms with Crippen molar-refractivity contribution in [3.63, 3.8) is 0 Å². The molecule has 0 aliphatic rings. The van der Waals surface area contributed by atoms with Crippen molar-refractivity contribution in [3.05, 3.63) is 51.3 Å². The van der Waals surface area contributed by atoms with Gasteiger partial charge in [-0.15, -0.1) is 0 Å². The first kappa shape index (κ1) is 18.0. The lowest BCUT2D eigenvalue weighted by Gasteiger charge is -2.18. The van der Waals surface area contributed by atoms with Crippen LogP contribution in [0.25, 0.3) is 0 Å². The van der Waals surface area contributed by atoms with Crippen LogP contribution < -0.4 is 0 Å². The van der Waals surface area contributed by atoms with E-state index in [4.69, 9.17) is 23.2 Å². The highest BCUT2D eigenvalue weighted by molar-refractivity contribution is 6.32. The van der Waals surface area contributed by atoms with Crippen LogP contribution in [-0.2, 0) is 0 Å². The second-order valence-electron chi connectivity index (χ2n) is 5.36. The fourth-order valence-electron chi connectivity index (χ4n) is 2.53. The Balaban J connectivity index is 2.41. The van der Waals surface area contributed by atoms with Crippen LogP contribution in [0.3, 0.4) is 0 Å². The van der Waals surface area contributed by atoms with E-state index < -0.39 is 11.8 Å². The molecular weight excluding hydrogens is 347 g/mol. The molecule has 2 aromatic rings. The van der Waals surface area contributed by atoms with Crippen LogP contribution in [0, 0.1) is 42.4 Å². The minimum atomic E-state index is -0.999. The third-order valence-corrected chi connectivity index (χ3v) is 4.71. The van der Waals surface area contributed by atoms with E-state index in [0.29, 0.717) is 27.0 Å². The van der Waals surface area contributed by atoms with Crippen molar-refractivity contribution in [2.24, 2.45) is 5.92 Å². The second-order valence-corrected chi connectivity index (χ2v) is 6.14. The van der Waals surface area contributed by atoms with Gasteiger partial charge in [-0.05, 0) is 25.5 Å². The number of hydrogen-bond acceptors (Lipinski definition) is 4. The first-order valence-corrected chi connectivity index (χ1v) is 7.94. The van der Waals surface area contributed by atoms with Gasteiger partial charge in [0.2, 0.25) is 5.91 Å². The van der Waals surface area contributed by atoms with Crippen LogP contribution >= 0.6 is 23.2 Å². The molecule has 1 unspecified atom stereocenters. The summed E-state index contributed by atoms with van der Waals surface area (Å²) in [6.45, 7) is 3.40. The number of benzene rings is 1. The van der Waals surface area contributed by atoms with Gasteiger partial charge in [0.05, 0.1) is 28.5 Å². The van der Waals surface area contributed by atoms with E-state index in [-0.39, 0.29) is 12.3 Å². The zero-order valence-electron chi connectivity index (χ0n) is 13.1. The molecule has 24 heavy (non-hydrogen) atoms. The van der Waals surface area contributed by atoms with Gasteiger partial charge < -0.3 is 0 Å². The lowest BCUT2D eigenvalue weighted by molar-refractivity contribution is 0.0871. The molecular formula is C17H14Cl2N4O. The van der Waals surface area contributed by atoms with Crippen molar-refractivity contribution >= 4 is 29.1 Å². The third-order valence-electron chi connectivity index (χ3n) is 3.82. The Morgan fingerprint density at radius 3 is 2.38 bits per heavy atom. The predicted octanol–water partition coefficient (Wildman–Crippen LogP) is 4.28. The zero-order chi connectivity index (χ0) is 17.9. The number of halogens is 2. The van der Waals surface area contributed by atoms with Gasteiger partial charge in [-0.2, -0.15) is 15.6 Å². The first-order valence-electron chi connectivity index (χ1n) is 7.19. The molecule has 5 nitrogen and oxygen atoms in total. The van der Waals surface area contributed by atoms with E-state index >= 15 is 0 Å². The maximum atomic E-state index is 12.6. The lowest BCUT2D eigenvalue weighted by Crippen LogP contribution is -2.21. The first-order chi connectivity index (χ1) is 11.4. The summed E-state index contributed by atoms with van der Waals surface area (Å²) in [6, 6.07) is 10.8. The number of nitrogens with zero attached hydrogens (tertiary/aromatic N) is 4. The molecule has 0 saturated carbocycles. The molecule has 1 heterocycles. The Kier molecular flexibility index (Phi) is 5.62. The summed E-state index contributed by atoms with van der Waals surface area (Å²) < 4.78 is 1.22. The molecule has 0 radical (unpaired) electrons. The van der Waals surface area contributed by atoms with Crippen LogP contribution in [0.2, 0.25) is 10.0 Å². The highest BCUT2D eigenvalue weighted by atomic mass is 35.5. The number of carbonyl (C=O) groups is 1. The molecule has 0 saturated heterocycles. The average Bonchev–Trinajstić information content (AvgIpc) is 2.83. The summed E-state index contributed by atoms with van der Waals surface area (Å²) in [6.07, 6.45) is -0.0756. The summed E-state index contributed by atoms with van der Waals surface area (Å²) >= 11 is 12.3. The van der Waals surface area contributed by atoms with E-state index in [1.807, 2.05) is 12.1 Å². The number of aryl methyl sites for hydroxylation is 1. The van der Waals surface area contributed by atoms with Gasteiger partial charge in [0, 0.05) is 17.4 Å². The molecule has 0 aliphatic carbocycles. The van der Waals surface area contributed by atoms with E-state index in [9.17, 15) is 15.3 Å². The molecule has 0 fully saturated rings. The number of carbonyl (C=O) groups excluding carboxylic acids is 1. The smallest absolute Gasteiger partial charge is 0.247 e. The van der Waals surface area contributed by atoms with Crippen LogP contribution in [-0.4, -0.2) is 15.7 Å². The lowest BCUT2D eigenvalue weighted by atomic mass is 9.85. The maximum Gasteiger partial charge on any atom is 0.247 e. The van der Waals surface area contributed by atoms with E-state index in [1.54, 1.807) is 38.1 Å². The molecule has 122 valence electrons. The fraction of sp³-hybridized carbons (Fsp3) is 0.294. The molecule has 1 aromatic heterocycles. The van der Waals surface area contributed by atoms with Gasteiger partial charge in [-0.3, -0.25) is 4.79 Å². The van der Waals surface area contributed by atoms with Crippen molar-refractivity contribution < 1.29 is 4.79 Å². The molecule has 0 aliphatic heterocycles. The van der Waals surface area contributed by atoms with Crippen molar-refractivity contribution in [2.45, 2.75) is 26.2 Å². The van der Waals surface area contributed by atoms with Gasteiger partial charge in [0.1, 0.15) is 5.92 Å². The summed E-state index contributed by atoms with van der Waals surface area (Å²) in [4.78, 5) is 12.6. The van der Waals surface area contributed by atoms with Crippen LogP contribution in [0.5, 0.6) is 0 Å². The molecule has 2 rings (SSSR count). The summed E-state index contributed by atoms with van der Waals surface area (Å²) in [7, 11) is 0. The van der Waals surface area contributed by atoms with E-state index in [0.717, 1.165) is 0 Å². The third kappa shape index (κ3) is 3.43. The normalized spacial score (nSPS) is 11.8. The minimum Gasteiger partial charge on any atom is -0.273 e. The van der Waals surface area contributed by atoms with Crippen molar-refractivity contribution in [3.8, 4) is 12.1 Å². The van der Waals surface area contributed by atoms with Crippen LogP contribution in [0.1, 0.15) is 34.1 Å². The Morgan fingerprint density at radius 1 is 1.25 bits per heavy atom. The topological polar surface area (TPSA) is 82.5 Å². The summed E-state index contributed by atoms with van der Waals surface area (Å²) in [5.41, 5.74) is 1.67. The molecule has 0 amide bonds. The Bertz CT molecular complexity index is 846. The second kappa shape index (κ2) is 7.49. The number of nitriles is 2. The van der Waals surface area contributed by atoms with E-state index in [1.165, 1.54) is 4.68 Å². The number of hydrogen-bond donors (Lipinski definition) is 0. The van der Waals surface area contributed by atoms with Gasteiger partial charge in [0.25, 0.3) is 0 Å². The number of aromatic nitrogens is 2. The SMILES string of the molecule is Cc1nn(C(=O)CC(c2ccccc2Cl)C(C#N)C#N)c(C)c1Cl. The fourth-order valence-corrected chi connectivity index (χ4v) is 2.93. The van der Waals surface area contributed by atoms with Crippen molar-refractivity contribution in [2.75, 3.05) is 0 Å². The summed E-state index contributed by atoms with van der Waals surface area (Å²) in [5, 5.41) is 23.5.